The number of para-hydroxylation sites is 1. The number of nitrogens with zero attached hydrogens (tertiary/aromatic N) is 3. The van der Waals surface area contributed by atoms with Crippen LogP contribution in [0, 0.1) is 0 Å². The summed E-state index contributed by atoms with van der Waals surface area (Å²) < 4.78 is 6.98. The Morgan fingerprint density at radius 2 is 1.76 bits per heavy atom. The minimum atomic E-state index is -0.153. The molecule has 33 heavy (non-hydrogen) atoms. The Kier molecular flexibility index (Phi) is 5.06. The van der Waals surface area contributed by atoms with E-state index in [0.29, 0.717) is 50.2 Å². The van der Waals surface area contributed by atoms with E-state index in [2.05, 4.69) is 15.2 Å². The second-order valence-electron chi connectivity index (χ2n) is 7.61. The average molecular weight is 436 g/mol. The zero-order chi connectivity index (χ0) is 22.9. The fourth-order valence-electron chi connectivity index (χ4n) is 3.87. The molecule has 2 aromatic heterocycles. The first kappa shape index (κ1) is 20.4. The first-order valence-electron chi connectivity index (χ1n) is 10.4. The van der Waals surface area contributed by atoms with Gasteiger partial charge in [0, 0.05) is 17.0 Å². The summed E-state index contributed by atoms with van der Waals surface area (Å²) in [7, 11) is 1.58. The smallest absolute Gasteiger partial charge is 0.266 e. The highest BCUT2D eigenvalue weighted by molar-refractivity contribution is 6.05. The number of carbonyl (C=O) groups excluding carboxylic acids is 1. The van der Waals surface area contributed by atoms with Crippen molar-refractivity contribution in [3.05, 3.63) is 100 Å². The van der Waals surface area contributed by atoms with Crippen molar-refractivity contribution in [3.8, 4) is 5.75 Å². The average Bonchev–Trinajstić information content (AvgIpc) is 3.16. The Labute approximate surface area is 188 Å². The van der Waals surface area contributed by atoms with Crippen LogP contribution < -0.4 is 10.3 Å². The molecule has 0 bridgehead atoms. The highest BCUT2D eigenvalue weighted by Crippen LogP contribution is 2.35. The lowest BCUT2D eigenvalue weighted by molar-refractivity contribution is 0.104. The SMILES string of the molecule is COc1ccc2c(c1)c(N=N/C(C)=C\C(=O)c1ccccc1)c1[nH]c3ccccc3c(=O)n12. The van der Waals surface area contributed by atoms with Gasteiger partial charge in [0.1, 0.15) is 17.1 Å². The molecule has 0 radical (unpaired) electrons. The number of nitrogens with one attached hydrogen (secondary N) is 1. The van der Waals surface area contributed by atoms with Crippen molar-refractivity contribution < 1.29 is 9.53 Å². The van der Waals surface area contributed by atoms with Crippen LogP contribution in [0.5, 0.6) is 5.75 Å². The monoisotopic (exact) mass is 436 g/mol. The Bertz CT molecular complexity index is 1640. The van der Waals surface area contributed by atoms with E-state index in [0.717, 1.165) is 0 Å². The first-order chi connectivity index (χ1) is 16.1. The number of hydrogen-bond acceptors (Lipinski definition) is 5. The maximum absolute atomic E-state index is 13.3. The highest BCUT2D eigenvalue weighted by atomic mass is 16.5. The van der Waals surface area contributed by atoms with Crippen LogP contribution >= 0.6 is 0 Å². The molecular formula is C26H20N4O3. The predicted molar refractivity (Wildman–Crippen MR) is 129 cm³/mol. The Morgan fingerprint density at radius 3 is 2.55 bits per heavy atom. The van der Waals surface area contributed by atoms with Gasteiger partial charge in [-0.3, -0.25) is 14.0 Å². The zero-order valence-corrected chi connectivity index (χ0v) is 18.1. The van der Waals surface area contributed by atoms with Crippen molar-refractivity contribution in [1.29, 1.82) is 0 Å². The van der Waals surface area contributed by atoms with Gasteiger partial charge in [0.15, 0.2) is 5.78 Å². The molecule has 0 amide bonds. The topological polar surface area (TPSA) is 88.3 Å². The number of allylic oxidation sites excluding steroid dienone is 2. The summed E-state index contributed by atoms with van der Waals surface area (Å²) >= 11 is 0. The van der Waals surface area contributed by atoms with Gasteiger partial charge in [-0.05, 0) is 37.3 Å². The number of H-pyrrole nitrogens is 1. The molecule has 0 unspecified atom stereocenters. The third-order valence-electron chi connectivity index (χ3n) is 5.47. The summed E-state index contributed by atoms with van der Waals surface area (Å²) in [5, 5.41) is 10.0. The molecule has 0 saturated heterocycles. The van der Waals surface area contributed by atoms with Crippen LogP contribution in [0.15, 0.2) is 99.6 Å². The number of azo groups is 1. The molecule has 7 heteroatoms. The van der Waals surface area contributed by atoms with Gasteiger partial charge < -0.3 is 9.72 Å². The third-order valence-corrected chi connectivity index (χ3v) is 5.47. The van der Waals surface area contributed by atoms with Gasteiger partial charge in [0.2, 0.25) is 0 Å². The van der Waals surface area contributed by atoms with Crippen molar-refractivity contribution in [3.63, 3.8) is 0 Å². The number of carbonyl (C=O) groups is 1. The summed E-state index contributed by atoms with van der Waals surface area (Å²) in [4.78, 5) is 29.1. The second-order valence-corrected chi connectivity index (χ2v) is 7.61. The van der Waals surface area contributed by atoms with Crippen LogP contribution in [-0.4, -0.2) is 22.3 Å². The van der Waals surface area contributed by atoms with Gasteiger partial charge in [0.05, 0.1) is 29.2 Å². The lowest BCUT2D eigenvalue weighted by Crippen LogP contribution is -2.13. The number of ether oxygens (including phenoxy) is 1. The van der Waals surface area contributed by atoms with Crippen molar-refractivity contribution in [2.75, 3.05) is 7.11 Å². The van der Waals surface area contributed by atoms with Crippen molar-refractivity contribution in [1.82, 2.24) is 9.38 Å². The number of rotatable bonds is 5. The van der Waals surface area contributed by atoms with Gasteiger partial charge in [-0.2, -0.15) is 5.11 Å². The minimum Gasteiger partial charge on any atom is -0.497 e. The van der Waals surface area contributed by atoms with Crippen LogP contribution in [0.1, 0.15) is 17.3 Å². The molecule has 0 fully saturated rings. The molecule has 0 aliphatic carbocycles. The summed E-state index contributed by atoms with van der Waals surface area (Å²) in [5.41, 5.74) is 3.28. The van der Waals surface area contributed by atoms with Crippen molar-refractivity contribution in [2.45, 2.75) is 6.92 Å². The van der Waals surface area contributed by atoms with Gasteiger partial charge in [-0.25, -0.2) is 0 Å². The molecule has 3 aromatic carbocycles. The highest BCUT2D eigenvalue weighted by Gasteiger charge is 2.17. The summed E-state index contributed by atoms with van der Waals surface area (Å²) in [6.45, 7) is 1.71. The van der Waals surface area contributed by atoms with E-state index in [1.807, 2.05) is 48.5 Å². The van der Waals surface area contributed by atoms with E-state index in [1.165, 1.54) is 6.08 Å². The van der Waals surface area contributed by atoms with Crippen LogP contribution in [0.2, 0.25) is 0 Å². The van der Waals surface area contributed by atoms with Crippen molar-refractivity contribution >= 4 is 38.9 Å². The van der Waals surface area contributed by atoms with E-state index in [9.17, 15) is 9.59 Å². The predicted octanol–water partition coefficient (Wildman–Crippen LogP) is 5.81. The lowest BCUT2D eigenvalue weighted by Gasteiger charge is -2.02. The fourth-order valence-corrected chi connectivity index (χ4v) is 3.87. The van der Waals surface area contributed by atoms with Gasteiger partial charge in [-0.15, -0.1) is 5.11 Å². The maximum Gasteiger partial charge on any atom is 0.266 e. The van der Waals surface area contributed by atoms with Crippen LogP contribution in [0.25, 0.3) is 27.5 Å². The maximum atomic E-state index is 13.3. The molecule has 0 spiro atoms. The molecule has 5 rings (SSSR count). The Morgan fingerprint density at radius 1 is 1.00 bits per heavy atom. The number of hydrogen-bond donors (Lipinski definition) is 1. The molecule has 0 aliphatic rings. The summed E-state index contributed by atoms with van der Waals surface area (Å²) in [5.74, 6) is 0.484. The molecule has 0 saturated carbocycles. The van der Waals surface area contributed by atoms with Gasteiger partial charge >= 0.3 is 0 Å². The van der Waals surface area contributed by atoms with Crippen LogP contribution in [0.4, 0.5) is 5.69 Å². The van der Waals surface area contributed by atoms with Crippen LogP contribution in [-0.2, 0) is 0 Å². The molecule has 5 aromatic rings. The molecule has 0 atom stereocenters. The number of aromatic amines is 1. The third kappa shape index (κ3) is 3.59. The Hall–Kier alpha value is -4.52. The number of fused-ring (bicyclic) bond motifs is 4. The number of ketones is 1. The van der Waals surface area contributed by atoms with E-state index < -0.39 is 0 Å². The standard InChI is InChI=1S/C26H20N4O3/c1-16(14-23(31)17-8-4-3-5-9-17)28-29-24-20-15-18(33-2)12-13-22(20)30-25(24)27-21-11-7-6-10-19(21)26(30)32/h3-15,27H,1-2H3/b16-14-,29-28?. The van der Waals surface area contributed by atoms with Crippen molar-refractivity contribution in [2.24, 2.45) is 10.2 Å². The quantitative estimate of drug-likeness (QED) is 0.214. The van der Waals surface area contributed by atoms with E-state index >= 15 is 0 Å². The number of aromatic nitrogens is 2. The molecular weight excluding hydrogens is 416 g/mol. The molecule has 1 N–H and O–H groups in total. The van der Waals surface area contributed by atoms with E-state index in [-0.39, 0.29) is 11.3 Å². The minimum absolute atomic E-state index is 0.150. The molecule has 0 aliphatic heterocycles. The van der Waals surface area contributed by atoms with Crippen LogP contribution in [0.3, 0.4) is 0 Å². The van der Waals surface area contributed by atoms with E-state index in [1.54, 1.807) is 42.7 Å². The largest absolute Gasteiger partial charge is 0.497 e. The lowest BCUT2D eigenvalue weighted by atomic mass is 10.1. The fraction of sp³-hybridized carbons (Fsp3) is 0.0769. The molecule has 162 valence electrons. The van der Waals surface area contributed by atoms with Gasteiger partial charge in [-0.1, -0.05) is 42.5 Å². The number of benzene rings is 3. The Balaban J connectivity index is 1.69. The van der Waals surface area contributed by atoms with E-state index in [4.69, 9.17) is 4.74 Å². The summed E-state index contributed by atoms with van der Waals surface area (Å²) in [6.07, 6.45) is 1.44. The molecule has 2 heterocycles. The second kappa shape index (κ2) is 8.20. The summed E-state index contributed by atoms with van der Waals surface area (Å²) in [6, 6.07) is 21.8. The zero-order valence-electron chi connectivity index (χ0n) is 18.1. The normalized spacial score (nSPS) is 12.2. The number of methoxy groups -OCH3 is 1. The first-order valence-corrected chi connectivity index (χ1v) is 10.4. The van der Waals surface area contributed by atoms with Gasteiger partial charge in [0.25, 0.3) is 5.56 Å². The molecule has 7 nitrogen and oxygen atoms in total.